The molecule has 1 aromatic carbocycles. The van der Waals surface area contributed by atoms with Crippen LogP contribution in [0.15, 0.2) is 18.2 Å². The van der Waals surface area contributed by atoms with Gasteiger partial charge in [0.1, 0.15) is 11.9 Å². The van der Waals surface area contributed by atoms with Crippen LogP contribution in [0.25, 0.3) is 0 Å². The van der Waals surface area contributed by atoms with Crippen molar-refractivity contribution in [3.05, 3.63) is 23.8 Å². The van der Waals surface area contributed by atoms with Gasteiger partial charge in [-0.15, -0.1) is 0 Å². The van der Waals surface area contributed by atoms with Gasteiger partial charge in [0.2, 0.25) is 0 Å². The Morgan fingerprint density at radius 1 is 1.54 bits per heavy atom. The Labute approximate surface area is 76.7 Å². The van der Waals surface area contributed by atoms with E-state index >= 15 is 0 Å². The molecule has 0 saturated heterocycles. The van der Waals surface area contributed by atoms with E-state index in [-0.39, 0.29) is 0 Å². The van der Waals surface area contributed by atoms with E-state index in [1.165, 1.54) is 0 Å². The van der Waals surface area contributed by atoms with E-state index in [0.29, 0.717) is 13.0 Å². The second-order valence-electron chi connectivity index (χ2n) is 3.21. The van der Waals surface area contributed by atoms with E-state index < -0.39 is 6.17 Å². The van der Waals surface area contributed by atoms with Crippen LogP contribution in [0, 0.1) is 0 Å². The summed E-state index contributed by atoms with van der Waals surface area (Å²) in [6.07, 6.45) is -0.257. The second-order valence-corrected chi connectivity index (χ2v) is 3.21. The molecule has 0 saturated carbocycles. The Bertz CT molecular complexity index is 314. The van der Waals surface area contributed by atoms with Crippen molar-refractivity contribution in [1.29, 1.82) is 0 Å². The predicted molar refractivity (Wildman–Crippen MR) is 50.1 cm³/mol. The fourth-order valence-electron chi connectivity index (χ4n) is 1.56. The summed E-state index contributed by atoms with van der Waals surface area (Å²) in [4.78, 5) is 0. The summed E-state index contributed by atoms with van der Waals surface area (Å²) < 4.78 is 18.0. The molecular weight excluding hydrogens is 169 g/mol. The van der Waals surface area contributed by atoms with Crippen molar-refractivity contribution < 1.29 is 9.13 Å². The van der Waals surface area contributed by atoms with Gasteiger partial charge < -0.3 is 10.1 Å². The number of hydrogen-bond donors (Lipinski definition) is 1. The minimum absolute atomic E-state index is 0.403. The molecule has 13 heavy (non-hydrogen) atoms. The van der Waals surface area contributed by atoms with Gasteiger partial charge in [0, 0.05) is 24.7 Å². The molecule has 0 aromatic heterocycles. The molecule has 1 atom stereocenters. The molecule has 70 valence electrons. The number of nitrogens with one attached hydrogen (secondary N) is 1. The number of fused-ring (bicyclic) bond motifs is 1. The Morgan fingerprint density at radius 2 is 2.38 bits per heavy atom. The Kier molecular flexibility index (Phi) is 2.08. The van der Waals surface area contributed by atoms with Crippen molar-refractivity contribution in [1.82, 2.24) is 0 Å². The average Bonchev–Trinajstić information content (AvgIpc) is 2.17. The number of rotatable bonds is 1. The third kappa shape index (κ3) is 1.59. The van der Waals surface area contributed by atoms with Gasteiger partial charge in [0.05, 0.1) is 7.11 Å². The maximum absolute atomic E-state index is 13.0. The topological polar surface area (TPSA) is 21.3 Å². The van der Waals surface area contributed by atoms with Crippen molar-refractivity contribution in [2.45, 2.75) is 12.6 Å². The maximum atomic E-state index is 13.0. The minimum Gasteiger partial charge on any atom is -0.497 e. The van der Waals surface area contributed by atoms with Gasteiger partial charge in [0.15, 0.2) is 0 Å². The molecule has 0 bridgehead atoms. The molecule has 0 radical (unpaired) electrons. The lowest BCUT2D eigenvalue weighted by molar-refractivity contribution is 0.341. The van der Waals surface area contributed by atoms with Gasteiger partial charge >= 0.3 is 0 Å². The highest BCUT2D eigenvalue weighted by atomic mass is 19.1. The summed E-state index contributed by atoms with van der Waals surface area (Å²) >= 11 is 0. The normalized spacial score (nSPS) is 20.3. The Balaban J connectivity index is 2.31. The molecule has 1 aromatic rings. The highest BCUT2D eigenvalue weighted by Crippen LogP contribution is 2.27. The number of anilines is 1. The zero-order valence-electron chi connectivity index (χ0n) is 7.51. The smallest absolute Gasteiger partial charge is 0.121 e. The first-order valence-corrected chi connectivity index (χ1v) is 4.34. The van der Waals surface area contributed by atoms with Gasteiger partial charge in [-0.1, -0.05) is 6.07 Å². The summed E-state index contributed by atoms with van der Waals surface area (Å²) in [6, 6.07) is 5.67. The average molecular weight is 181 g/mol. The summed E-state index contributed by atoms with van der Waals surface area (Å²) in [5.74, 6) is 0.809. The van der Waals surface area contributed by atoms with Crippen LogP contribution >= 0.6 is 0 Å². The second kappa shape index (κ2) is 3.24. The van der Waals surface area contributed by atoms with Crippen molar-refractivity contribution in [2.24, 2.45) is 0 Å². The van der Waals surface area contributed by atoms with Gasteiger partial charge in [-0.2, -0.15) is 0 Å². The fourth-order valence-corrected chi connectivity index (χ4v) is 1.56. The van der Waals surface area contributed by atoms with Crippen LogP contribution in [0.1, 0.15) is 5.56 Å². The number of alkyl halides is 1. The SMILES string of the molecule is COc1ccc2c(c1)NCC(F)C2. The number of methoxy groups -OCH3 is 1. The third-order valence-electron chi connectivity index (χ3n) is 2.27. The lowest BCUT2D eigenvalue weighted by atomic mass is 10.0. The monoisotopic (exact) mass is 181 g/mol. The lowest BCUT2D eigenvalue weighted by Gasteiger charge is -2.21. The highest BCUT2D eigenvalue weighted by molar-refractivity contribution is 5.57. The highest BCUT2D eigenvalue weighted by Gasteiger charge is 2.17. The molecule has 0 fully saturated rings. The number of benzene rings is 1. The van der Waals surface area contributed by atoms with Crippen LogP contribution < -0.4 is 10.1 Å². The first-order valence-electron chi connectivity index (χ1n) is 4.34. The summed E-state index contributed by atoms with van der Waals surface area (Å²) in [5.41, 5.74) is 2.02. The van der Waals surface area contributed by atoms with Crippen molar-refractivity contribution >= 4 is 5.69 Å². The van der Waals surface area contributed by atoms with Crippen LogP contribution in [-0.2, 0) is 6.42 Å². The van der Waals surface area contributed by atoms with Crippen molar-refractivity contribution in [2.75, 3.05) is 19.0 Å². The van der Waals surface area contributed by atoms with E-state index in [1.54, 1.807) is 7.11 Å². The fraction of sp³-hybridized carbons (Fsp3) is 0.400. The number of hydrogen-bond acceptors (Lipinski definition) is 2. The zero-order chi connectivity index (χ0) is 9.26. The van der Waals surface area contributed by atoms with E-state index in [9.17, 15) is 4.39 Å². The summed E-state index contributed by atoms with van der Waals surface area (Å²) in [7, 11) is 1.63. The quantitative estimate of drug-likeness (QED) is 0.715. The molecule has 0 aliphatic carbocycles. The number of halogens is 1. The van der Waals surface area contributed by atoms with Crippen LogP contribution in [0.3, 0.4) is 0 Å². The maximum Gasteiger partial charge on any atom is 0.121 e. The minimum atomic E-state index is -0.763. The van der Waals surface area contributed by atoms with Gasteiger partial charge in [0.25, 0.3) is 0 Å². The molecule has 1 N–H and O–H groups in total. The van der Waals surface area contributed by atoms with Crippen LogP contribution in [0.4, 0.5) is 10.1 Å². The van der Waals surface area contributed by atoms with E-state index in [4.69, 9.17) is 4.74 Å². The van der Waals surface area contributed by atoms with Crippen LogP contribution in [0.5, 0.6) is 5.75 Å². The van der Waals surface area contributed by atoms with Crippen LogP contribution in [-0.4, -0.2) is 19.8 Å². The summed E-state index contributed by atoms with van der Waals surface area (Å²) in [6.45, 7) is 0.403. The zero-order valence-corrected chi connectivity index (χ0v) is 7.51. The molecule has 2 rings (SSSR count). The molecular formula is C10H12FNO. The largest absolute Gasteiger partial charge is 0.497 e. The molecule has 1 aliphatic heterocycles. The predicted octanol–water partition coefficient (Wildman–Crippen LogP) is 2.00. The van der Waals surface area contributed by atoms with Gasteiger partial charge in [-0.3, -0.25) is 0 Å². The molecule has 1 heterocycles. The Hall–Kier alpha value is -1.25. The van der Waals surface area contributed by atoms with Crippen molar-refractivity contribution in [3.63, 3.8) is 0 Å². The van der Waals surface area contributed by atoms with Gasteiger partial charge in [-0.05, 0) is 11.6 Å². The molecule has 3 heteroatoms. The third-order valence-corrected chi connectivity index (χ3v) is 2.27. The number of ether oxygens (including phenoxy) is 1. The lowest BCUT2D eigenvalue weighted by Crippen LogP contribution is -2.23. The van der Waals surface area contributed by atoms with Crippen molar-refractivity contribution in [3.8, 4) is 5.75 Å². The van der Waals surface area contributed by atoms with Gasteiger partial charge in [-0.25, -0.2) is 4.39 Å². The first kappa shape index (κ1) is 8.35. The first-order chi connectivity index (χ1) is 6.29. The summed E-state index contributed by atoms with van der Waals surface area (Å²) in [5, 5.41) is 3.03. The Morgan fingerprint density at radius 3 is 3.15 bits per heavy atom. The molecule has 1 unspecified atom stereocenters. The van der Waals surface area contributed by atoms with Crippen LogP contribution in [0.2, 0.25) is 0 Å². The van der Waals surface area contributed by atoms with E-state index in [0.717, 1.165) is 17.0 Å². The van der Waals surface area contributed by atoms with E-state index in [1.807, 2.05) is 18.2 Å². The molecule has 0 spiro atoms. The van der Waals surface area contributed by atoms with E-state index in [2.05, 4.69) is 5.32 Å². The molecule has 1 aliphatic rings. The molecule has 2 nitrogen and oxygen atoms in total. The standard InChI is InChI=1S/C10H12FNO/c1-13-9-3-2-7-4-8(11)6-12-10(7)5-9/h2-3,5,8,12H,4,6H2,1H3. The molecule has 0 amide bonds.